The van der Waals surface area contributed by atoms with E-state index < -0.39 is 0 Å². The van der Waals surface area contributed by atoms with E-state index in [9.17, 15) is 4.39 Å². The van der Waals surface area contributed by atoms with E-state index in [2.05, 4.69) is 24.2 Å². The van der Waals surface area contributed by atoms with Crippen LogP contribution in [0.15, 0.2) is 23.2 Å². The summed E-state index contributed by atoms with van der Waals surface area (Å²) in [5.41, 5.74) is 1.23. The standard InChI is InChI=1S/C13H16ClFN2S/c1-13(2)7-17-12(18-8-13)16-6-9-3-4-11(15)10(14)5-9/h3-5H,6-8H2,1-2H3,(H,16,17). The number of amidine groups is 1. The molecular formula is C13H16ClFN2S. The van der Waals surface area contributed by atoms with Crippen LogP contribution in [-0.4, -0.2) is 17.5 Å². The van der Waals surface area contributed by atoms with Crippen molar-refractivity contribution in [3.8, 4) is 0 Å². The average Bonchev–Trinajstić information content (AvgIpc) is 2.32. The molecule has 0 atom stereocenters. The lowest BCUT2D eigenvalue weighted by Gasteiger charge is -2.27. The predicted octanol–water partition coefficient (Wildman–Crippen LogP) is 3.70. The summed E-state index contributed by atoms with van der Waals surface area (Å²) in [6, 6.07) is 4.76. The van der Waals surface area contributed by atoms with Crippen molar-refractivity contribution in [2.75, 3.05) is 12.3 Å². The zero-order valence-corrected chi connectivity index (χ0v) is 12.0. The van der Waals surface area contributed by atoms with E-state index >= 15 is 0 Å². The van der Waals surface area contributed by atoms with E-state index in [0.717, 1.165) is 23.0 Å². The van der Waals surface area contributed by atoms with Gasteiger partial charge in [0.25, 0.3) is 0 Å². The van der Waals surface area contributed by atoms with E-state index in [1.807, 2.05) is 0 Å². The van der Waals surface area contributed by atoms with Crippen molar-refractivity contribution < 1.29 is 4.39 Å². The van der Waals surface area contributed by atoms with Gasteiger partial charge in [-0.2, -0.15) is 0 Å². The second-order valence-electron chi connectivity index (χ2n) is 5.18. The van der Waals surface area contributed by atoms with Crippen LogP contribution in [0.2, 0.25) is 5.02 Å². The highest BCUT2D eigenvalue weighted by Gasteiger charge is 2.23. The number of benzene rings is 1. The van der Waals surface area contributed by atoms with Crippen molar-refractivity contribution in [2.45, 2.75) is 20.4 Å². The lowest BCUT2D eigenvalue weighted by Crippen LogP contribution is -2.30. The van der Waals surface area contributed by atoms with Crippen molar-refractivity contribution in [2.24, 2.45) is 10.4 Å². The zero-order chi connectivity index (χ0) is 13.2. The molecule has 1 heterocycles. The minimum Gasteiger partial charge on any atom is -0.361 e. The van der Waals surface area contributed by atoms with Gasteiger partial charge in [-0.1, -0.05) is 43.3 Å². The Morgan fingerprint density at radius 3 is 2.89 bits per heavy atom. The molecule has 2 rings (SSSR count). The van der Waals surface area contributed by atoms with Crippen molar-refractivity contribution in [1.82, 2.24) is 5.32 Å². The molecule has 1 N–H and O–H groups in total. The van der Waals surface area contributed by atoms with Gasteiger partial charge in [-0.15, -0.1) is 0 Å². The van der Waals surface area contributed by atoms with Gasteiger partial charge in [0.15, 0.2) is 5.17 Å². The summed E-state index contributed by atoms with van der Waals surface area (Å²) in [5, 5.41) is 4.37. The summed E-state index contributed by atoms with van der Waals surface area (Å²) >= 11 is 7.46. The summed E-state index contributed by atoms with van der Waals surface area (Å²) in [7, 11) is 0. The first-order valence-corrected chi connectivity index (χ1v) is 7.18. The van der Waals surface area contributed by atoms with Crippen molar-refractivity contribution in [3.63, 3.8) is 0 Å². The molecular weight excluding hydrogens is 271 g/mol. The fourth-order valence-electron chi connectivity index (χ4n) is 1.58. The maximum absolute atomic E-state index is 13.0. The van der Waals surface area contributed by atoms with Crippen LogP contribution in [0, 0.1) is 11.2 Å². The van der Waals surface area contributed by atoms with Gasteiger partial charge >= 0.3 is 0 Å². The van der Waals surface area contributed by atoms with Crippen LogP contribution in [0.1, 0.15) is 19.4 Å². The SMILES string of the molecule is CC1(C)CN=C(NCc2ccc(F)c(Cl)c2)SC1. The molecule has 0 radical (unpaired) electrons. The number of aliphatic imine (C=N–C) groups is 1. The molecule has 0 bridgehead atoms. The van der Waals surface area contributed by atoms with Gasteiger partial charge in [0.2, 0.25) is 0 Å². The maximum atomic E-state index is 13.0. The van der Waals surface area contributed by atoms with Crippen molar-refractivity contribution >= 4 is 28.5 Å². The lowest BCUT2D eigenvalue weighted by atomic mass is 9.97. The normalized spacial score (nSPS) is 18.3. The molecule has 1 aliphatic rings. The van der Waals surface area contributed by atoms with Crippen LogP contribution in [-0.2, 0) is 6.54 Å². The summed E-state index contributed by atoms with van der Waals surface area (Å²) < 4.78 is 13.0. The molecule has 5 heteroatoms. The van der Waals surface area contributed by atoms with Crippen molar-refractivity contribution in [1.29, 1.82) is 0 Å². The maximum Gasteiger partial charge on any atom is 0.156 e. The van der Waals surface area contributed by atoms with Gasteiger partial charge in [-0.25, -0.2) is 4.39 Å². The molecule has 1 aromatic carbocycles. The van der Waals surface area contributed by atoms with Gasteiger partial charge in [0.1, 0.15) is 5.82 Å². The quantitative estimate of drug-likeness (QED) is 0.896. The van der Waals surface area contributed by atoms with Gasteiger partial charge in [-0.05, 0) is 23.1 Å². The van der Waals surface area contributed by atoms with E-state index in [1.165, 1.54) is 6.07 Å². The largest absolute Gasteiger partial charge is 0.361 e. The minimum atomic E-state index is -0.383. The number of halogens is 2. The molecule has 1 aliphatic heterocycles. The summed E-state index contributed by atoms with van der Waals surface area (Å²) in [6.07, 6.45) is 0. The van der Waals surface area contributed by atoms with E-state index in [0.29, 0.717) is 6.54 Å². The van der Waals surface area contributed by atoms with E-state index in [1.54, 1.807) is 23.9 Å². The molecule has 0 fully saturated rings. The first-order valence-electron chi connectivity index (χ1n) is 5.81. The zero-order valence-electron chi connectivity index (χ0n) is 10.5. The van der Waals surface area contributed by atoms with Crippen molar-refractivity contribution in [3.05, 3.63) is 34.6 Å². The highest BCUT2D eigenvalue weighted by Crippen LogP contribution is 2.27. The highest BCUT2D eigenvalue weighted by molar-refractivity contribution is 8.13. The Morgan fingerprint density at radius 1 is 1.50 bits per heavy atom. The molecule has 0 aliphatic carbocycles. The Hall–Kier alpha value is -0.740. The first-order chi connectivity index (χ1) is 8.46. The smallest absolute Gasteiger partial charge is 0.156 e. The lowest BCUT2D eigenvalue weighted by molar-refractivity contribution is 0.436. The van der Waals surface area contributed by atoms with Crippen LogP contribution in [0.25, 0.3) is 0 Å². The molecule has 0 saturated carbocycles. The predicted molar refractivity (Wildman–Crippen MR) is 76.8 cm³/mol. The summed E-state index contributed by atoms with van der Waals surface area (Å²) in [5.74, 6) is 0.676. The summed E-state index contributed by atoms with van der Waals surface area (Å²) in [6.45, 7) is 5.87. The van der Waals surface area contributed by atoms with Crippen LogP contribution in [0.5, 0.6) is 0 Å². The molecule has 1 aromatic rings. The molecule has 2 nitrogen and oxygen atoms in total. The third-order valence-corrected chi connectivity index (χ3v) is 4.44. The van der Waals surface area contributed by atoms with E-state index in [4.69, 9.17) is 11.6 Å². The minimum absolute atomic E-state index is 0.161. The Balaban J connectivity index is 1.92. The topological polar surface area (TPSA) is 24.4 Å². The number of hydrogen-bond donors (Lipinski definition) is 1. The number of hydrogen-bond acceptors (Lipinski definition) is 3. The Morgan fingerprint density at radius 2 is 2.28 bits per heavy atom. The number of nitrogens with one attached hydrogen (secondary N) is 1. The van der Waals surface area contributed by atoms with Gasteiger partial charge in [-0.3, -0.25) is 4.99 Å². The number of rotatable bonds is 2. The number of thioether (sulfide) groups is 1. The first kappa shape index (κ1) is 13.7. The third-order valence-electron chi connectivity index (χ3n) is 2.68. The van der Waals surface area contributed by atoms with Crippen LogP contribution >= 0.6 is 23.4 Å². The Labute approximate surface area is 116 Å². The highest BCUT2D eigenvalue weighted by atomic mass is 35.5. The van der Waals surface area contributed by atoms with Crippen LogP contribution in [0.3, 0.4) is 0 Å². The second kappa shape index (κ2) is 5.49. The monoisotopic (exact) mass is 286 g/mol. The molecule has 98 valence electrons. The molecule has 0 spiro atoms. The third kappa shape index (κ3) is 3.62. The van der Waals surface area contributed by atoms with E-state index in [-0.39, 0.29) is 16.3 Å². The molecule has 0 aromatic heterocycles. The van der Waals surface area contributed by atoms with Gasteiger partial charge in [0, 0.05) is 18.8 Å². The number of nitrogens with zero attached hydrogens (tertiary/aromatic N) is 1. The second-order valence-corrected chi connectivity index (χ2v) is 6.55. The molecule has 18 heavy (non-hydrogen) atoms. The van der Waals surface area contributed by atoms with Gasteiger partial charge < -0.3 is 5.32 Å². The molecule has 0 amide bonds. The van der Waals surface area contributed by atoms with Gasteiger partial charge in [0.05, 0.1) is 5.02 Å². The van der Waals surface area contributed by atoms with Crippen LogP contribution < -0.4 is 5.32 Å². The average molecular weight is 287 g/mol. The fourth-order valence-corrected chi connectivity index (χ4v) is 2.73. The molecule has 0 saturated heterocycles. The molecule has 0 unspecified atom stereocenters. The van der Waals surface area contributed by atoms with Crippen LogP contribution in [0.4, 0.5) is 4.39 Å². The Bertz CT molecular complexity index is 474. The Kier molecular flexibility index (Phi) is 4.17. The summed E-state index contributed by atoms with van der Waals surface area (Å²) in [4.78, 5) is 4.50. The fraction of sp³-hybridized carbons (Fsp3) is 0.462.